The lowest BCUT2D eigenvalue weighted by Crippen LogP contribution is -2.68. The van der Waals surface area contributed by atoms with E-state index in [1.807, 2.05) is 0 Å². The third-order valence-corrected chi connectivity index (χ3v) is 26.1. The number of hydrogen-bond acceptors (Lipinski definition) is 14. The van der Waals surface area contributed by atoms with Crippen LogP contribution >= 0.6 is 0 Å². The predicted molar refractivity (Wildman–Crippen MR) is 397 cm³/mol. The topological polar surface area (TPSA) is 303 Å². The zero-order valence-electron chi connectivity index (χ0n) is 67.6. The summed E-state index contributed by atoms with van der Waals surface area (Å²) >= 11 is 0. The van der Waals surface area contributed by atoms with Gasteiger partial charge in [-0.3, -0.25) is 57.5 Å². The number of carbonyl (C=O) groups is 12. The molecular formula is C79H121F8N13O13. The number of likely N-dealkylation sites (N-methyl/N-ethyl adjacent to an activating group) is 7. The molecule has 8 rings (SSSR count). The first kappa shape index (κ1) is 91.1. The number of fused-ring (bicyclic) bond motifs is 3. The molecular weight excluding hydrogens is 1490 g/mol. The van der Waals surface area contributed by atoms with E-state index < -0.39 is 242 Å². The number of halogens is 8. The third kappa shape index (κ3) is 22.0. The van der Waals surface area contributed by atoms with Crippen molar-refractivity contribution in [3.63, 3.8) is 0 Å². The Bertz CT molecular complexity index is 3410. The van der Waals surface area contributed by atoms with Gasteiger partial charge in [0.15, 0.2) is 0 Å². The Hall–Kier alpha value is -7.47. The second kappa shape index (κ2) is 39.4. The summed E-state index contributed by atoms with van der Waals surface area (Å²) in [5, 5.41) is 18.9. The number of rotatable bonds is 13. The van der Waals surface area contributed by atoms with Crippen LogP contribution in [0.1, 0.15) is 201 Å². The molecule has 8 fully saturated rings. The SMILES string of the molecule is CCO[C@@H]1C[C@H]2C(=O)NC3(CCC3)C(=O)N(C)[C@@H](C3CCCC3)C(=O)N(C)[C@H](C(=O)N(C)C)CC(=O)N(C)[C@@H](CC3CCCCC3C#N)C(=O)N[C@@H]([C@@H](C)CC)C(=O)N(C)CC(=O)N(C)[C@H]3CCCCCN(C3=O)[C@@H](CC3CCC(C(F)(F)F)CC3)C(=O)N(C)CC(=O)N[C@@H](CCC3CC(F)C(C(F)(F)F)C(F)C3)C(=O)N2C1. The molecule has 2 bridgehead atoms. The maximum absolute atomic E-state index is 15.7. The number of hydrogen-bond donors (Lipinski definition) is 3. The van der Waals surface area contributed by atoms with Gasteiger partial charge in [-0.2, -0.15) is 31.6 Å². The molecule has 34 heteroatoms. The smallest absolute Gasteiger partial charge is 0.377 e. The number of ether oxygens (including phenoxy) is 1. The number of nitrogens with one attached hydrogen (secondary N) is 3. The molecule has 26 nitrogen and oxygen atoms in total. The number of nitriles is 1. The van der Waals surface area contributed by atoms with Crippen LogP contribution in [0.3, 0.4) is 0 Å². The Morgan fingerprint density at radius 1 is 0.611 bits per heavy atom. The van der Waals surface area contributed by atoms with Gasteiger partial charge in [-0.15, -0.1) is 0 Å². The van der Waals surface area contributed by atoms with Gasteiger partial charge in [0.1, 0.15) is 72.1 Å². The Labute approximate surface area is 658 Å². The van der Waals surface area contributed by atoms with Gasteiger partial charge in [-0.05, 0) is 159 Å². The summed E-state index contributed by atoms with van der Waals surface area (Å²) in [6.45, 7) is 3.30. The monoisotopic (exact) mass is 1610 g/mol. The Morgan fingerprint density at radius 2 is 1.23 bits per heavy atom. The first-order chi connectivity index (χ1) is 53.2. The average Bonchev–Trinajstić information content (AvgIpc) is 1.67. The van der Waals surface area contributed by atoms with Crippen molar-refractivity contribution < 1.29 is 97.4 Å². The van der Waals surface area contributed by atoms with Gasteiger partial charge in [0.2, 0.25) is 70.9 Å². The van der Waals surface area contributed by atoms with Crippen LogP contribution in [-0.4, -0.2) is 289 Å². The fourth-order valence-electron chi connectivity index (χ4n) is 18.8. The molecule has 5 aliphatic carbocycles. The van der Waals surface area contributed by atoms with E-state index in [9.17, 15) is 46.0 Å². The van der Waals surface area contributed by atoms with Crippen LogP contribution in [0.5, 0.6) is 0 Å². The molecule has 3 aliphatic heterocycles. The minimum absolute atomic E-state index is 0.000561. The summed E-state index contributed by atoms with van der Waals surface area (Å²) in [6.07, 6.45) is -13.2. The maximum Gasteiger partial charge on any atom is 0.397 e. The second-order valence-electron chi connectivity index (χ2n) is 33.9. The predicted octanol–water partition coefficient (Wildman–Crippen LogP) is 7.25. The zero-order chi connectivity index (χ0) is 83.5. The van der Waals surface area contributed by atoms with Crippen LogP contribution in [0.4, 0.5) is 35.1 Å². The van der Waals surface area contributed by atoms with Gasteiger partial charge < -0.3 is 64.8 Å². The van der Waals surface area contributed by atoms with E-state index in [2.05, 4.69) is 22.0 Å². The van der Waals surface area contributed by atoms with E-state index in [4.69, 9.17) is 4.74 Å². The summed E-state index contributed by atoms with van der Waals surface area (Å²) in [5.74, 6) is -17.9. The summed E-state index contributed by atoms with van der Waals surface area (Å²) in [7, 11) is 10.9. The van der Waals surface area contributed by atoms with E-state index in [1.165, 1.54) is 71.1 Å². The molecule has 636 valence electrons. The van der Waals surface area contributed by atoms with Crippen molar-refractivity contribution in [2.24, 2.45) is 47.3 Å². The van der Waals surface area contributed by atoms with Gasteiger partial charge in [0, 0.05) is 88.4 Å². The summed E-state index contributed by atoms with van der Waals surface area (Å²) in [6, 6.07) is -9.19. The lowest BCUT2D eigenvalue weighted by atomic mass is 9.74. The van der Waals surface area contributed by atoms with Crippen LogP contribution < -0.4 is 16.0 Å². The number of nitrogens with zero attached hydrogens (tertiary/aromatic N) is 10. The number of amides is 12. The quantitative estimate of drug-likeness (QED) is 0.153. The normalized spacial score (nSPS) is 32.9. The highest BCUT2D eigenvalue weighted by molar-refractivity contribution is 6.01. The van der Waals surface area contributed by atoms with E-state index in [0.717, 1.165) is 35.8 Å². The molecule has 1 spiro atoms. The highest BCUT2D eigenvalue weighted by atomic mass is 19.4. The summed E-state index contributed by atoms with van der Waals surface area (Å²) < 4.78 is 122. The lowest BCUT2D eigenvalue weighted by Gasteiger charge is -2.46. The zero-order valence-corrected chi connectivity index (χ0v) is 67.6. The molecule has 3 heterocycles. The Morgan fingerprint density at radius 3 is 1.81 bits per heavy atom. The minimum atomic E-state index is -5.22. The minimum Gasteiger partial charge on any atom is -0.377 e. The van der Waals surface area contributed by atoms with Crippen LogP contribution in [0.2, 0.25) is 0 Å². The highest BCUT2D eigenvalue weighted by Crippen LogP contribution is 2.46. The molecule has 3 saturated heterocycles. The van der Waals surface area contributed by atoms with Crippen LogP contribution in [0.25, 0.3) is 0 Å². The largest absolute Gasteiger partial charge is 0.397 e. The van der Waals surface area contributed by atoms with Crippen molar-refractivity contribution in [3.05, 3.63) is 0 Å². The maximum atomic E-state index is 15.7. The van der Waals surface area contributed by atoms with Gasteiger partial charge in [0.05, 0.1) is 37.6 Å². The Balaban J connectivity index is 1.22. The molecule has 5 saturated carbocycles. The van der Waals surface area contributed by atoms with Gasteiger partial charge in [-0.1, -0.05) is 58.8 Å². The van der Waals surface area contributed by atoms with Crippen molar-refractivity contribution in [1.29, 1.82) is 5.26 Å². The molecule has 12 amide bonds. The van der Waals surface area contributed by atoms with Crippen molar-refractivity contribution in [3.8, 4) is 6.07 Å². The molecule has 3 N–H and O–H groups in total. The van der Waals surface area contributed by atoms with Gasteiger partial charge in [-0.25, -0.2) is 8.78 Å². The fourth-order valence-corrected chi connectivity index (χ4v) is 18.8. The first-order valence-corrected chi connectivity index (χ1v) is 40.9. The van der Waals surface area contributed by atoms with E-state index >= 15 is 51.9 Å². The molecule has 14 atom stereocenters. The molecule has 0 aromatic carbocycles. The molecule has 113 heavy (non-hydrogen) atoms. The van der Waals surface area contributed by atoms with E-state index in [-0.39, 0.29) is 90.3 Å². The highest BCUT2D eigenvalue weighted by Gasteiger charge is 2.56. The third-order valence-electron chi connectivity index (χ3n) is 26.1. The summed E-state index contributed by atoms with van der Waals surface area (Å²) in [4.78, 5) is 193. The van der Waals surface area contributed by atoms with Crippen molar-refractivity contribution in [2.45, 2.75) is 285 Å². The average molecular weight is 1610 g/mol. The summed E-state index contributed by atoms with van der Waals surface area (Å²) in [5.41, 5.74) is -1.71. The van der Waals surface area contributed by atoms with Crippen LogP contribution in [0.15, 0.2) is 0 Å². The Kier molecular flexibility index (Phi) is 31.8. The molecule has 0 aromatic rings. The van der Waals surface area contributed by atoms with E-state index in [0.29, 0.717) is 77.0 Å². The van der Waals surface area contributed by atoms with Gasteiger partial charge in [0.25, 0.3) is 0 Å². The second-order valence-corrected chi connectivity index (χ2v) is 33.9. The van der Waals surface area contributed by atoms with Crippen LogP contribution in [0, 0.1) is 58.7 Å². The van der Waals surface area contributed by atoms with E-state index in [1.54, 1.807) is 20.8 Å². The lowest BCUT2D eigenvalue weighted by molar-refractivity contribution is -0.219. The molecule has 0 radical (unpaired) electrons. The number of alkyl halides is 8. The fraction of sp³-hybridized carbons (Fsp3) is 0.835. The molecule has 0 aromatic heterocycles. The van der Waals surface area contributed by atoms with Crippen LogP contribution in [-0.2, 0) is 62.3 Å². The molecule has 4 unspecified atom stereocenters. The number of carbonyl (C=O) groups excluding carboxylic acids is 12. The van der Waals surface area contributed by atoms with Crippen molar-refractivity contribution in [2.75, 3.05) is 89.2 Å². The van der Waals surface area contributed by atoms with Crippen molar-refractivity contribution >= 4 is 70.9 Å². The standard InChI is InChI=1S/C79H121F8N13O13/c1-12-46(3)66-74(110)94(7)45-64(103)95(8)57-26-15-14-20-35-99(73(57)109)61(38-47-27-30-52(31-28-47)78(82,83)84)72(108)93(6)44-62(101)89-56(32-29-48-36-54(80)65(55(81)37-48)79(85,86)87)70(106)100-43-53(113-13-2)40-59(100)69(105)91-77(33-21-34-77)76(112)98(11)67(49-22-16-17-23-49)75(111)97(10)60(71(107)92(4)5)41-63(102)96(9)58(68(104)90-66)39-50-24-18-19-25-51(50)42-88/h46-61,65-67H,12-41,43-45H2,1-11H3,(H,89,101)(H,90,104)(H,91,105)/t46-,47?,48?,50?,51?,52?,53+,54?,55?,56-,57-,58-,59-,60-,61-,65?,66-,67-/m0/s1. The molecule has 8 aliphatic rings. The van der Waals surface area contributed by atoms with Gasteiger partial charge >= 0.3 is 12.4 Å². The first-order valence-electron chi connectivity index (χ1n) is 40.9. The van der Waals surface area contributed by atoms with Crippen molar-refractivity contribution in [1.82, 2.24) is 60.0 Å².